The van der Waals surface area contributed by atoms with Crippen LogP contribution in [0, 0.1) is 0 Å². The van der Waals surface area contributed by atoms with Gasteiger partial charge in [-0.05, 0) is 56.5 Å². The molecule has 0 aliphatic heterocycles. The van der Waals surface area contributed by atoms with Gasteiger partial charge in [-0.3, -0.25) is 0 Å². The highest BCUT2D eigenvalue weighted by Gasteiger charge is 2.11. The minimum atomic E-state index is -0.186. The summed E-state index contributed by atoms with van der Waals surface area (Å²) >= 11 is 0. The van der Waals surface area contributed by atoms with Crippen LogP contribution in [0.4, 0.5) is 10.5 Å². The van der Waals surface area contributed by atoms with Gasteiger partial charge in [-0.15, -0.1) is 0 Å². The minimum absolute atomic E-state index is 0.186. The monoisotopic (exact) mass is 264 g/mol. The van der Waals surface area contributed by atoms with Gasteiger partial charge in [0.05, 0.1) is 0 Å². The second kappa shape index (κ2) is 8.50. The summed E-state index contributed by atoms with van der Waals surface area (Å²) in [5.41, 5.74) is 13.2. The second-order valence-electron chi connectivity index (χ2n) is 4.46. The number of benzene rings is 1. The smallest absolute Gasteiger partial charge is 0.319 e. The lowest BCUT2D eigenvalue weighted by molar-refractivity contribution is 0.252. The Bertz CT molecular complexity index is 389. The Morgan fingerprint density at radius 1 is 1.26 bits per heavy atom. The molecule has 1 aromatic rings. The lowest BCUT2D eigenvalue weighted by atomic mass is 9.92. The summed E-state index contributed by atoms with van der Waals surface area (Å²) in [7, 11) is 0. The number of amides is 2. The van der Waals surface area contributed by atoms with E-state index in [9.17, 15) is 4.79 Å². The highest BCUT2D eigenvalue weighted by atomic mass is 16.2. The van der Waals surface area contributed by atoms with E-state index in [1.54, 1.807) is 0 Å². The molecule has 0 fully saturated rings. The predicted molar refractivity (Wildman–Crippen MR) is 79.2 cm³/mol. The summed E-state index contributed by atoms with van der Waals surface area (Å²) < 4.78 is 0. The van der Waals surface area contributed by atoms with Crippen LogP contribution in [0.2, 0.25) is 0 Å². The number of carbonyl (C=O) groups is 1. The van der Waals surface area contributed by atoms with E-state index in [2.05, 4.69) is 16.7 Å². The van der Waals surface area contributed by atoms with Crippen molar-refractivity contribution < 1.29 is 4.79 Å². The maximum atomic E-state index is 11.5. The fourth-order valence-corrected chi connectivity index (χ4v) is 2.09. The number of carbonyl (C=O) groups excluding carboxylic acids is 1. The summed E-state index contributed by atoms with van der Waals surface area (Å²) in [6.07, 6.45) is 1.81. The molecule has 106 valence electrons. The molecule has 0 spiro atoms. The number of hydrogen-bond acceptors (Lipinski definition) is 3. The van der Waals surface area contributed by atoms with E-state index >= 15 is 0 Å². The van der Waals surface area contributed by atoms with Gasteiger partial charge in [0.1, 0.15) is 0 Å². The zero-order chi connectivity index (χ0) is 14.1. The van der Waals surface area contributed by atoms with Crippen LogP contribution in [0.15, 0.2) is 24.3 Å². The standard InChI is InChI=1S/C14H24N4O/c1-2-17-14(19)18-13-5-3-4-12(10-13)11(6-8-15)7-9-16/h3-5,10-11H,2,6-9,15-16H2,1H3,(H2,17,18,19). The van der Waals surface area contributed by atoms with Crippen molar-refractivity contribution in [2.75, 3.05) is 25.0 Å². The van der Waals surface area contributed by atoms with Crippen molar-refractivity contribution in [3.05, 3.63) is 29.8 Å². The molecule has 0 aromatic heterocycles. The van der Waals surface area contributed by atoms with Crippen molar-refractivity contribution in [3.8, 4) is 0 Å². The van der Waals surface area contributed by atoms with E-state index < -0.39 is 0 Å². The third-order valence-corrected chi connectivity index (χ3v) is 2.98. The van der Waals surface area contributed by atoms with Crippen LogP contribution < -0.4 is 22.1 Å². The fourth-order valence-electron chi connectivity index (χ4n) is 2.09. The van der Waals surface area contributed by atoms with Gasteiger partial charge < -0.3 is 22.1 Å². The molecule has 6 N–H and O–H groups in total. The molecule has 5 heteroatoms. The number of hydrogen-bond donors (Lipinski definition) is 4. The van der Waals surface area contributed by atoms with Crippen LogP contribution in [0.1, 0.15) is 31.2 Å². The normalized spacial score (nSPS) is 10.5. The molecular weight excluding hydrogens is 240 g/mol. The second-order valence-corrected chi connectivity index (χ2v) is 4.46. The molecule has 0 heterocycles. The Balaban J connectivity index is 2.76. The van der Waals surface area contributed by atoms with Crippen LogP contribution in [0.25, 0.3) is 0 Å². The third-order valence-electron chi connectivity index (χ3n) is 2.98. The lowest BCUT2D eigenvalue weighted by Crippen LogP contribution is -2.28. The van der Waals surface area contributed by atoms with Crippen LogP contribution in [0.3, 0.4) is 0 Å². The average molecular weight is 264 g/mol. The molecule has 0 atom stereocenters. The molecule has 19 heavy (non-hydrogen) atoms. The molecule has 0 aliphatic rings. The first-order valence-corrected chi connectivity index (χ1v) is 6.76. The zero-order valence-corrected chi connectivity index (χ0v) is 11.5. The van der Waals surface area contributed by atoms with Crippen molar-refractivity contribution in [3.63, 3.8) is 0 Å². The molecule has 5 nitrogen and oxygen atoms in total. The fraction of sp³-hybridized carbons (Fsp3) is 0.500. The Morgan fingerprint density at radius 3 is 2.53 bits per heavy atom. The lowest BCUT2D eigenvalue weighted by Gasteiger charge is -2.16. The van der Waals surface area contributed by atoms with E-state index in [1.165, 1.54) is 5.56 Å². The van der Waals surface area contributed by atoms with E-state index in [0.717, 1.165) is 18.5 Å². The minimum Gasteiger partial charge on any atom is -0.338 e. The van der Waals surface area contributed by atoms with Crippen molar-refractivity contribution in [1.29, 1.82) is 0 Å². The van der Waals surface area contributed by atoms with Gasteiger partial charge in [-0.1, -0.05) is 12.1 Å². The van der Waals surface area contributed by atoms with Gasteiger partial charge in [-0.2, -0.15) is 0 Å². The third kappa shape index (κ3) is 5.28. The number of rotatable bonds is 7. The summed E-state index contributed by atoms with van der Waals surface area (Å²) in [5.74, 6) is 0.353. The van der Waals surface area contributed by atoms with Crippen LogP contribution >= 0.6 is 0 Å². The maximum Gasteiger partial charge on any atom is 0.319 e. The Labute approximate surface area is 114 Å². The van der Waals surface area contributed by atoms with Gasteiger partial charge in [0.15, 0.2) is 0 Å². The molecule has 0 radical (unpaired) electrons. The number of nitrogens with one attached hydrogen (secondary N) is 2. The van der Waals surface area contributed by atoms with Crippen molar-refractivity contribution in [2.24, 2.45) is 11.5 Å². The van der Waals surface area contributed by atoms with E-state index in [-0.39, 0.29) is 6.03 Å². The van der Waals surface area contributed by atoms with E-state index in [0.29, 0.717) is 25.6 Å². The molecular formula is C14H24N4O. The summed E-state index contributed by atoms with van der Waals surface area (Å²) in [6.45, 7) is 3.76. The highest BCUT2D eigenvalue weighted by Crippen LogP contribution is 2.24. The van der Waals surface area contributed by atoms with Crippen LogP contribution in [-0.4, -0.2) is 25.7 Å². The Morgan fingerprint density at radius 2 is 1.95 bits per heavy atom. The predicted octanol–water partition coefficient (Wildman–Crippen LogP) is 1.61. The Kier molecular flexibility index (Phi) is 6.92. The molecule has 0 bridgehead atoms. The van der Waals surface area contributed by atoms with Crippen LogP contribution in [-0.2, 0) is 0 Å². The molecule has 0 saturated heterocycles. The van der Waals surface area contributed by atoms with Crippen molar-refractivity contribution in [2.45, 2.75) is 25.7 Å². The number of nitrogens with two attached hydrogens (primary N) is 2. The van der Waals surface area contributed by atoms with Crippen molar-refractivity contribution >= 4 is 11.7 Å². The maximum absolute atomic E-state index is 11.5. The zero-order valence-electron chi connectivity index (χ0n) is 11.5. The quantitative estimate of drug-likeness (QED) is 0.602. The van der Waals surface area contributed by atoms with E-state index in [4.69, 9.17) is 11.5 Å². The molecule has 1 rings (SSSR count). The first kappa shape index (κ1) is 15.5. The SMILES string of the molecule is CCNC(=O)Nc1cccc(C(CCN)CCN)c1. The van der Waals surface area contributed by atoms with E-state index in [1.807, 2.05) is 25.1 Å². The molecule has 0 unspecified atom stereocenters. The van der Waals surface area contributed by atoms with Gasteiger partial charge in [0, 0.05) is 12.2 Å². The van der Waals surface area contributed by atoms with Gasteiger partial charge >= 0.3 is 6.03 Å². The molecule has 2 amide bonds. The first-order valence-electron chi connectivity index (χ1n) is 6.76. The molecule has 0 saturated carbocycles. The van der Waals surface area contributed by atoms with Gasteiger partial charge in [-0.25, -0.2) is 4.79 Å². The summed E-state index contributed by atoms with van der Waals surface area (Å²) in [6, 6.07) is 7.68. The van der Waals surface area contributed by atoms with Gasteiger partial charge in [0.2, 0.25) is 0 Å². The molecule has 1 aromatic carbocycles. The highest BCUT2D eigenvalue weighted by molar-refractivity contribution is 5.89. The number of anilines is 1. The summed E-state index contributed by atoms with van der Waals surface area (Å²) in [4.78, 5) is 11.5. The molecule has 0 aliphatic carbocycles. The topological polar surface area (TPSA) is 93.2 Å². The summed E-state index contributed by atoms with van der Waals surface area (Å²) in [5, 5.41) is 5.51. The largest absolute Gasteiger partial charge is 0.338 e. The average Bonchev–Trinajstić information content (AvgIpc) is 2.39. The van der Waals surface area contributed by atoms with Crippen molar-refractivity contribution in [1.82, 2.24) is 5.32 Å². The number of urea groups is 1. The van der Waals surface area contributed by atoms with Crippen LogP contribution in [0.5, 0.6) is 0 Å². The van der Waals surface area contributed by atoms with Gasteiger partial charge in [0.25, 0.3) is 0 Å². The first-order chi connectivity index (χ1) is 9.21. The Hall–Kier alpha value is -1.59.